The quantitative estimate of drug-likeness (QED) is 0.362. The third-order valence-electron chi connectivity index (χ3n) is 11.7. The molecule has 10 nitrogen and oxygen atoms in total. The molecule has 6 aliphatic rings. The zero-order chi connectivity index (χ0) is 31.3. The Morgan fingerprint density at radius 1 is 1.14 bits per heavy atom. The lowest BCUT2D eigenvalue weighted by Crippen LogP contribution is -2.63. The van der Waals surface area contributed by atoms with Gasteiger partial charge in [-0.2, -0.15) is 0 Å². The largest absolute Gasteiger partial charge is 0.467 e. The molecule has 44 heavy (non-hydrogen) atoms. The van der Waals surface area contributed by atoms with Gasteiger partial charge in [-0.25, -0.2) is 4.79 Å². The summed E-state index contributed by atoms with van der Waals surface area (Å²) in [5.74, 6) is -0.372. The predicted molar refractivity (Wildman–Crippen MR) is 157 cm³/mol. The van der Waals surface area contributed by atoms with Crippen LogP contribution in [0.2, 0.25) is 0 Å². The number of methoxy groups -OCH3 is 1. The van der Waals surface area contributed by atoms with E-state index in [2.05, 4.69) is 25.5 Å². The molecule has 0 radical (unpaired) electrons. The fourth-order valence-corrected chi connectivity index (χ4v) is 9.72. The number of allylic oxidation sites excluding steroid dienone is 4. The van der Waals surface area contributed by atoms with E-state index >= 15 is 0 Å². The first-order valence-corrected chi connectivity index (χ1v) is 16.5. The molecule has 11 atom stereocenters. The van der Waals surface area contributed by atoms with Crippen molar-refractivity contribution in [1.82, 2.24) is 0 Å². The van der Waals surface area contributed by atoms with Crippen molar-refractivity contribution in [3.63, 3.8) is 0 Å². The molecule has 4 aliphatic carbocycles. The topological polar surface area (TPSA) is 127 Å². The fourth-order valence-electron chi connectivity index (χ4n) is 9.72. The highest BCUT2D eigenvalue weighted by Gasteiger charge is 2.75. The number of Topliss-reactive ketones (excluding diaryl/α,β-unsaturated/α-hetero) is 1. The van der Waals surface area contributed by atoms with Gasteiger partial charge in [0.05, 0.1) is 32.0 Å². The van der Waals surface area contributed by atoms with Gasteiger partial charge in [0.25, 0.3) is 0 Å². The Hall–Kier alpha value is -1.95. The van der Waals surface area contributed by atoms with Crippen LogP contribution in [0.3, 0.4) is 0 Å². The van der Waals surface area contributed by atoms with Gasteiger partial charge in [-0.3, -0.25) is 9.59 Å². The Labute approximate surface area is 259 Å². The molecule has 3 saturated carbocycles. The minimum absolute atomic E-state index is 0.0109. The summed E-state index contributed by atoms with van der Waals surface area (Å²) in [6.45, 7) is 6.26. The van der Waals surface area contributed by atoms with Crippen molar-refractivity contribution in [2.75, 3.05) is 26.9 Å². The number of ether oxygens (including phenoxy) is 6. The van der Waals surface area contributed by atoms with Crippen LogP contribution in [0.5, 0.6) is 0 Å². The Morgan fingerprint density at radius 3 is 2.73 bits per heavy atom. The standard InChI is InChI=1S/C34H48O10/c1-5-7-30-43-27-15-24-23-11-10-20-14-21(35)12-13-32(20,2)31(23)25(36)16-33(24,3)34(27,44-30)26(37)18-41-29-9-6-8-22(42-29)17-40-19-28(38)39-4/h12-14,22-25,27,29-31,36H,5-11,15-19H2,1-4H3/t22?,23-,24-,25-,27-,29?,30?,31+,32-,33-,34+/m0/s1. The maximum absolute atomic E-state index is 14.5. The third-order valence-corrected chi connectivity index (χ3v) is 11.7. The Balaban J connectivity index is 1.20. The van der Waals surface area contributed by atoms with Crippen molar-refractivity contribution in [2.24, 2.45) is 28.6 Å². The summed E-state index contributed by atoms with van der Waals surface area (Å²) in [5.41, 5.74) is -1.16. The fraction of sp³-hybridized carbons (Fsp3) is 0.794. The molecule has 0 bridgehead atoms. The number of carbonyl (C=O) groups excluding carboxylic acids is 3. The summed E-state index contributed by atoms with van der Waals surface area (Å²) in [6.07, 6.45) is 9.59. The molecule has 6 rings (SSSR count). The molecule has 0 spiro atoms. The summed E-state index contributed by atoms with van der Waals surface area (Å²) in [4.78, 5) is 38.0. The van der Waals surface area contributed by atoms with Gasteiger partial charge < -0.3 is 33.5 Å². The summed E-state index contributed by atoms with van der Waals surface area (Å²) in [6, 6.07) is 0. The first-order chi connectivity index (χ1) is 21.1. The van der Waals surface area contributed by atoms with Crippen LogP contribution in [0, 0.1) is 28.6 Å². The number of hydrogen-bond acceptors (Lipinski definition) is 10. The number of aliphatic hydroxyl groups is 1. The van der Waals surface area contributed by atoms with Gasteiger partial charge in [-0.15, -0.1) is 0 Å². The lowest BCUT2D eigenvalue weighted by molar-refractivity contribution is -0.220. The molecule has 10 heteroatoms. The van der Waals surface area contributed by atoms with Crippen LogP contribution in [0.4, 0.5) is 0 Å². The van der Waals surface area contributed by atoms with Crippen LogP contribution in [0.15, 0.2) is 23.8 Å². The summed E-state index contributed by atoms with van der Waals surface area (Å²) >= 11 is 0. The molecule has 0 amide bonds. The van der Waals surface area contributed by atoms with E-state index in [1.54, 1.807) is 12.2 Å². The van der Waals surface area contributed by atoms with Gasteiger partial charge in [-0.05, 0) is 75.4 Å². The molecular formula is C34H48O10. The molecule has 1 N–H and O–H groups in total. The molecule has 244 valence electrons. The monoisotopic (exact) mass is 616 g/mol. The molecule has 2 heterocycles. The Bertz CT molecular complexity index is 1200. The van der Waals surface area contributed by atoms with Crippen molar-refractivity contribution in [2.45, 2.75) is 115 Å². The molecule has 2 aliphatic heterocycles. The maximum atomic E-state index is 14.5. The molecule has 0 aromatic carbocycles. The smallest absolute Gasteiger partial charge is 0.331 e. The van der Waals surface area contributed by atoms with E-state index in [9.17, 15) is 19.5 Å². The van der Waals surface area contributed by atoms with Crippen molar-refractivity contribution in [1.29, 1.82) is 0 Å². The summed E-state index contributed by atoms with van der Waals surface area (Å²) < 4.78 is 35.5. The van der Waals surface area contributed by atoms with Crippen LogP contribution in [0.1, 0.15) is 78.6 Å². The first-order valence-electron chi connectivity index (χ1n) is 16.5. The second kappa shape index (κ2) is 12.3. The zero-order valence-electron chi connectivity index (χ0n) is 26.5. The van der Waals surface area contributed by atoms with E-state index in [4.69, 9.17) is 23.7 Å². The van der Waals surface area contributed by atoms with Crippen LogP contribution in [0.25, 0.3) is 0 Å². The van der Waals surface area contributed by atoms with Gasteiger partial charge in [0.2, 0.25) is 0 Å². The molecule has 0 aromatic rings. The number of esters is 1. The minimum Gasteiger partial charge on any atom is -0.467 e. The van der Waals surface area contributed by atoms with Gasteiger partial charge in [-0.1, -0.05) is 38.8 Å². The second-order valence-electron chi connectivity index (χ2n) is 14.1. The van der Waals surface area contributed by atoms with E-state index in [-0.39, 0.29) is 55.2 Å². The second-order valence-corrected chi connectivity index (χ2v) is 14.1. The van der Waals surface area contributed by atoms with Gasteiger partial charge in [0.1, 0.15) is 13.2 Å². The van der Waals surface area contributed by atoms with Crippen molar-refractivity contribution >= 4 is 17.5 Å². The highest BCUT2D eigenvalue weighted by Crippen LogP contribution is 2.69. The van der Waals surface area contributed by atoms with Gasteiger partial charge in [0.15, 0.2) is 29.7 Å². The number of fused-ring (bicyclic) bond motifs is 7. The molecule has 2 saturated heterocycles. The minimum atomic E-state index is -1.23. The van der Waals surface area contributed by atoms with E-state index in [1.165, 1.54) is 7.11 Å². The van der Waals surface area contributed by atoms with Crippen LogP contribution in [-0.4, -0.2) is 86.1 Å². The van der Waals surface area contributed by atoms with Gasteiger partial charge >= 0.3 is 5.97 Å². The number of aliphatic hydroxyl groups excluding tert-OH is 1. The Morgan fingerprint density at radius 2 is 1.95 bits per heavy atom. The zero-order valence-corrected chi connectivity index (χ0v) is 26.5. The lowest BCUT2D eigenvalue weighted by atomic mass is 9.46. The first kappa shape index (κ1) is 32.0. The number of hydrogen-bond donors (Lipinski definition) is 1. The average molecular weight is 617 g/mol. The highest BCUT2D eigenvalue weighted by molar-refractivity contribution is 6.01. The summed E-state index contributed by atoms with van der Waals surface area (Å²) in [5, 5.41) is 11.9. The van der Waals surface area contributed by atoms with Crippen molar-refractivity contribution in [3.8, 4) is 0 Å². The Kier molecular flexibility index (Phi) is 8.98. The number of rotatable bonds is 10. The number of ketones is 2. The molecule has 0 aromatic heterocycles. The van der Waals surface area contributed by atoms with E-state index in [0.717, 1.165) is 37.7 Å². The van der Waals surface area contributed by atoms with Crippen LogP contribution < -0.4 is 0 Å². The highest BCUT2D eigenvalue weighted by atomic mass is 16.7. The van der Waals surface area contributed by atoms with Crippen LogP contribution >= 0.6 is 0 Å². The summed E-state index contributed by atoms with van der Waals surface area (Å²) in [7, 11) is 1.32. The molecular weight excluding hydrogens is 568 g/mol. The average Bonchev–Trinajstić information content (AvgIpc) is 3.48. The normalized spacial score (nSPS) is 44.3. The van der Waals surface area contributed by atoms with Crippen LogP contribution in [-0.2, 0) is 42.8 Å². The molecule has 3 unspecified atom stereocenters. The van der Waals surface area contributed by atoms with E-state index in [0.29, 0.717) is 25.7 Å². The van der Waals surface area contributed by atoms with Gasteiger partial charge in [0, 0.05) is 16.7 Å². The number of carbonyl (C=O) groups is 3. The maximum Gasteiger partial charge on any atom is 0.331 e. The SMILES string of the molecule is CCCC1O[C@H]2C[C@H]3[C@@H]4CCC5=CC(=O)C=C[C@]5(C)[C@H]4[C@@H](O)C[C@]3(C)[C@]2(C(=O)COC2CCCC(COCC(=O)OC)O2)O1. The third kappa shape index (κ3) is 5.23. The van der Waals surface area contributed by atoms with E-state index < -0.39 is 47.2 Å². The lowest BCUT2D eigenvalue weighted by Gasteiger charge is -2.59. The molecule has 5 fully saturated rings. The van der Waals surface area contributed by atoms with Crippen molar-refractivity contribution < 1.29 is 47.9 Å². The van der Waals surface area contributed by atoms with E-state index in [1.807, 2.05) is 6.08 Å². The van der Waals surface area contributed by atoms with Crippen molar-refractivity contribution in [3.05, 3.63) is 23.8 Å². The predicted octanol–water partition coefficient (Wildman–Crippen LogP) is 3.83.